The van der Waals surface area contributed by atoms with Gasteiger partial charge < -0.3 is 14.8 Å². The Morgan fingerprint density at radius 3 is 2.26 bits per heavy atom. The molecule has 0 aromatic heterocycles. The summed E-state index contributed by atoms with van der Waals surface area (Å²) in [5.74, 6) is -0.103. The van der Waals surface area contributed by atoms with Crippen LogP contribution in [0.25, 0.3) is 0 Å². The summed E-state index contributed by atoms with van der Waals surface area (Å²) in [6.07, 6.45) is -0.0866. The largest absolute Gasteiger partial charge is 0.481 e. The van der Waals surface area contributed by atoms with Crippen molar-refractivity contribution in [2.24, 2.45) is 0 Å². The fraction of sp³-hybridized carbons (Fsp3) is 0.222. The second-order valence-electron chi connectivity index (χ2n) is 4.89. The summed E-state index contributed by atoms with van der Waals surface area (Å²) in [5.41, 5.74) is 1.15. The summed E-state index contributed by atoms with van der Waals surface area (Å²) >= 11 is 0. The third-order valence-corrected chi connectivity index (χ3v) is 3.26. The number of carbonyl (C=O) groups is 2. The van der Waals surface area contributed by atoms with Crippen molar-refractivity contribution in [3.05, 3.63) is 60.2 Å². The summed E-state index contributed by atoms with van der Waals surface area (Å²) in [6, 6.07) is 15.7. The predicted octanol–water partition coefficient (Wildman–Crippen LogP) is 3.27. The minimum atomic E-state index is -0.612. The molecule has 5 heteroatoms. The van der Waals surface area contributed by atoms with Crippen molar-refractivity contribution >= 4 is 17.6 Å². The lowest BCUT2D eigenvalue weighted by molar-refractivity contribution is -0.122. The van der Waals surface area contributed by atoms with Gasteiger partial charge in [-0.25, -0.2) is 4.79 Å². The molecule has 2 aromatic rings. The van der Waals surface area contributed by atoms with Crippen LogP contribution in [-0.2, 0) is 9.53 Å². The molecule has 0 heterocycles. The van der Waals surface area contributed by atoms with Crippen molar-refractivity contribution in [3.63, 3.8) is 0 Å². The van der Waals surface area contributed by atoms with Gasteiger partial charge in [-0.15, -0.1) is 0 Å². The Labute approximate surface area is 135 Å². The van der Waals surface area contributed by atoms with Crippen molar-refractivity contribution in [2.45, 2.75) is 19.4 Å². The van der Waals surface area contributed by atoms with Crippen molar-refractivity contribution in [3.8, 4) is 5.75 Å². The molecule has 0 aliphatic heterocycles. The normalized spacial score (nSPS) is 11.4. The van der Waals surface area contributed by atoms with Gasteiger partial charge in [0.25, 0.3) is 5.91 Å². The van der Waals surface area contributed by atoms with Crippen LogP contribution in [0.15, 0.2) is 54.6 Å². The van der Waals surface area contributed by atoms with Gasteiger partial charge in [0, 0.05) is 5.69 Å². The van der Waals surface area contributed by atoms with E-state index in [4.69, 9.17) is 4.74 Å². The van der Waals surface area contributed by atoms with Gasteiger partial charge >= 0.3 is 5.97 Å². The van der Waals surface area contributed by atoms with Gasteiger partial charge in [-0.05, 0) is 42.8 Å². The van der Waals surface area contributed by atoms with Gasteiger partial charge in [-0.3, -0.25) is 4.79 Å². The van der Waals surface area contributed by atoms with E-state index >= 15 is 0 Å². The van der Waals surface area contributed by atoms with E-state index in [1.807, 2.05) is 37.3 Å². The lowest BCUT2D eigenvalue weighted by Crippen LogP contribution is -2.32. The molecule has 0 aliphatic rings. The van der Waals surface area contributed by atoms with Crippen molar-refractivity contribution < 1.29 is 19.1 Å². The van der Waals surface area contributed by atoms with E-state index in [0.717, 1.165) is 5.69 Å². The topological polar surface area (TPSA) is 64.6 Å². The number of rotatable bonds is 6. The highest BCUT2D eigenvalue weighted by atomic mass is 16.5. The molecule has 0 saturated heterocycles. The zero-order chi connectivity index (χ0) is 16.7. The first-order valence-electron chi connectivity index (χ1n) is 7.35. The highest BCUT2D eigenvalue weighted by Crippen LogP contribution is 2.17. The van der Waals surface area contributed by atoms with E-state index < -0.39 is 12.1 Å². The average Bonchev–Trinajstić information content (AvgIpc) is 2.60. The predicted molar refractivity (Wildman–Crippen MR) is 87.6 cm³/mol. The second kappa shape index (κ2) is 7.98. The first kappa shape index (κ1) is 16.5. The third-order valence-electron chi connectivity index (χ3n) is 3.26. The standard InChI is InChI=1S/C18H19NO4/c1-3-16(17(20)19-14-7-5-4-6-8-14)23-15-11-9-13(10-12-15)18(21)22-2/h4-12,16H,3H2,1-2H3,(H,19,20). The Hall–Kier alpha value is -2.82. The summed E-state index contributed by atoms with van der Waals surface area (Å²) in [6.45, 7) is 1.87. The molecule has 0 aliphatic carbocycles. The van der Waals surface area contributed by atoms with Crippen LogP contribution in [-0.4, -0.2) is 25.1 Å². The van der Waals surface area contributed by atoms with Crippen LogP contribution in [0.1, 0.15) is 23.7 Å². The maximum Gasteiger partial charge on any atom is 0.337 e. The molecule has 2 aromatic carbocycles. The maximum absolute atomic E-state index is 12.3. The number of hydrogen-bond donors (Lipinski definition) is 1. The maximum atomic E-state index is 12.3. The molecule has 120 valence electrons. The molecular weight excluding hydrogens is 294 g/mol. The summed E-state index contributed by atoms with van der Waals surface area (Å²) in [5, 5.41) is 2.81. The van der Waals surface area contributed by atoms with Gasteiger partial charge in [0.2, 0.25) is 0 Å². The number of ether oxygens (including phenoxy) is 2. The van der Waals surface area contributed by atoms with Gasteiger partial charge in [-0.1, -0.05) is 25.1 Å². The number of esters is 1. The highest BCUT2D eigenvalue weighted by molar-refractivity contribution is 5.94. The molecule has 1 amide bonds. The number of amides is 1. The Morgan fingerprint density at radius 1 is 1.04 bits per heavy atom. The van der Waals surface area contributed by atoms with Crippen molar-refractivity contribution in [1.82, 2.24) is 0 Å². The number of hydrogen-bond acceptors (Lipinski definition) is 4. The molecule has 0 saturated carbocycles. The summed E-state index contributed by atoms with van der Waals surface area (Å²) in [4.78, 5) is 23.6. The fourth-order valence-corrected chi connectivity index (χ4v) is 2.02. The second-order valence-corrected chi connectivity index (χ2v) is 4.89. The van der Waals surface area contributed by atoms with Crippen LogP contribution >= 0.6 is 0 Å². The average molecular weight is 313 g/mol. The molecule has 1 unspecified atom stereocenters. The van der Waals surface area contributed by atoms with Gasteiger partial charge in [-0.2, -0.15) is 0 Å². The number of para-hydroxylation sites is 1. The van der Waals surface area contributed by atoms with E-state index in [2.05, 4.69) is 10.1 Å². The van der Waals surface area contributed by atoms with Crippen LogP contribution in [0, 0.1) is 0 Å². The zero-order valence-corrected chi connectivity index (χ0v) is 13.1. The van der Waals surface area contributed by atoms with Gasteiger partial charge in [0.05, 0.1) is 12.7 Å². The van der Waals surface area contributed by atoms with Crippen LogP contribution in [0.3, 0.4) is 0 Å². The molecule has 0 fully saturated rings. The Bertz CT molecular complexity index is 652. The zero-order valence-electron chi connectivity index (χ0n) is 13.1. The first-order chi connectivity index (χ1) is 11.1. The molecule has 0 radical (unpaired) electrons. The first-order valence-corrected chi connectivity index (χ1v) is 7.35. The number of methoxy groups -OCH3 is 1. The smallest absolute Gasteiger partial charge is 0.337 e. The van der Waals surface area contributed by atoms with Crippen molar-refractivity contribution in [1.29, 1.82) is 0 Å². The summed E-state index contributed by atoms with van der Waals surface area (Å²) < 4.78 is 10.3. The lowest BCUT2D eigenvalue weighted by Gasteiger charge is -2.17. The lowest BCUT2D eigenvalue weighted by atomic mass is 10.2. The summed E-state index contributed by atoms with van der Waals surface area (Å²) in [7, 11) is 1.33. The molecule has 0 bridgehead atoms. The molecule has 1 atom stereocenters. The number of anilines is 1. The number of benzene rings is 2. The minimum Gasteiger partial charge on any atom is -0.481 e. The molecular formula is C18H19NO4. The SMILES string of the molecule is CCC(Oc1ccc(C(=O)OC)cc1)C(=O)Nc1ccccc1. The van der Waals surface area contributed by atoms with E-state index in [1.165, 1.54) is 7.11 Å². The monoisotopic (exact) mass is 313 g/mol. The van der Waals surface area contributed by atoms with Crippen molar-refractivity contribution in [2.75, 3.05) is 12.4 Å². The van der Waals surface area contributed by atoms with Crippen LogP contribution in [0.4, 0.5) is 5.69 Å². The van der Waals surface area contributed by atoms with Gasteiger partial charge in [0.1, 0.15) is 5.75 Å². The van der Waals surface area contributed by atoms with E-state index in [9.17, 15) is 9.59 Å². The number of carbonyl (C=O) groups excluding carboxylic acids is 2. The van der Waals surface area contributed by atoms with Gasteiger partial charge in [0.15, 0.2) is 6.10 Å². The Kier molecular flexibility index (Phi) is 5.74. The molecule has 5 nitrogen and oxygen atoms in total. The highest BCUT2D eigenvalue weighted by Gasteiger charge is 2.18. The molecule has 0 spiro atoms. The van der Waals surface area contributed by atoms with Crippen LogP contribution in [0.5, 0.6) is 5.75 Å². The molecule has 23 heavy (non-hydrogen) atoms. The van der Waals surface area contributed by atoms with E-state index in [1.54, 1.807) is 24.3 Å². The fourth-order valence-electron chi connectivity index (χ4n) is 2.02. The molecule has 1 N–H and O–H groups in total. The quantitative estimate of drug-likeness (QED) is 0.831. The third kappa shape index (κ3) is 4.57. The number of nitrogens with one attached hydrogen (secondary N) is 1. The van der Waals surface area contributed by atoms with Crippen LogP contribution < -0.4 is 10.1 Å². The van der Waals surface area contributed by atoms with E-state index in [0.29, 0.717) is 17.7 Å². The van der Waals surface area contributed by atoms with E-state index in [-0.39, 0.29) is 5.91 Å². The Morgan fingerprint density at radius 2 is 1.70 bits per heavy atom. The Balaban J connectivity index is 2.01. The van der Waals surface area contributed by atoms with Crippen LogP contribution in [0.2, 0.25) is 0 Å². The molecule has 2 rings (SSSR count). The minimum absolute atomic E-state index is 0.212.